The van der Waals surface area contributed by atoms with Crippen molar-refractivity contribution in [2.24, 2.45) is 0 Å². The highest BCUT2D eigenvalue weighted by Gasteiger charge is 2.21. The Labute approximate surface area is 366 Å². The molecule has 0 aliphatic heterocycles. The predicted molar refractivity (Wildman–Crippen MR) is 263 cm³/mol. The van der Waals surface area contributed by atoms with Crippen molar-refractivity contribution in [1.82, 2.24) is 24.1 Å². The van der Waals surface area contributed by atoms with Gasteiger partial charge in [-0.25, -0.2) is 4.98 Å². The van der Waals surface area contributed by atoms with Gasteiger partial charge in [-0.05, 0) is 65.2 Å². The van der Waals surface area contributed by atoms with Crippen LogP contribution in [0.15, 0.2) is 212 Å². The molecular weight excluding hydrogens is 787 g/mol. The second-order valence-corrected chi connectivity index (χ2v) is 17.1. The van der Waals surface area contributed by atoms with Gasteiger partial charge >= 0.3 is 0 Å². The lowest BCUT2D eigenvalue weighted by molar-refractivity contribution is 0.953. The fourth-order valence-electron chi connectivity index (χ4n) is 9.50. The third kappa shape index (κ3) is 5.73. The van der Waals surface area contributed by atoms with Gasteiger partial charge in [0, 0.05) is 58.4 Å². The van der Waals surface area contributed by atoms with E-state index in [0.717, 1.165) is 71.9 Å². The van der Waals surface area contributed by atoms with Crippen molar-refractivity contribution >= 4 is 75.1 Å². The Hall–Kier alpha value is -8.19. The Kier molecular flexibility index (Phi) is 8.01. The third-order valence-corrected chi connectivity index (χ3v) is 13.5. The Morgan fingerprint density at radius 2 is 0.778 bits per heavy atom. The first-order valence-corrected chi connectivity index (χ1v) is 22.0. The largest absolute Gasteiger partial charge is 0.309 e. The van der Waals surface area contributed by atoms with Gasteiger partial charge in [-0.3, -0.25) is 4.57 Å². The minimum absolute atomic E-state index is 0.565. The van der Waals surface area contributed by atoms with Crippen LogP contribution in [0.1, 0.15) is 0 Å². The zero-order valence-electron chi connectivity index (χ0n) is 33.9. The molecule has 63 heavy (non-hydrogen) atoms. The Balaban J connectivity index is 1.05. The third-order valence-electron chi connectivity index (χ3n) is 12.4. The van der Waals surface area contributed by atoms with Gasteiger partial charge < -0.3 is 4.57 Å². The number of thiophene rings is 1. The number of para-hydroxylation sites is 4. The molecule has 294 valence electrons. The first-order valence-electron chi connectivity index (χ1n) is 21.2. The molecule has 5 nitrogen and oxygen atoms in total. The van der Waals surface area contributed by atoms with E-state index in [1.54, 1.807) is 0 Å². The minimum Gasteiger partial charge on any atom is -0.309 e. The molecule has 0 N–H and O–H groups in total. The fourth-order valence-corrected chi connectivity index (χ4v) is 10.6. The van der Waals surface area contributed by atoms with Crippen LogP contribution in [0.5, 0.6) is 0 Å². The number of nitrogens with zero attached hydrogens (tertiary/aromatic N) is 5. The highest BCUT2D eigenvalue weighted by molar-refractivity contribution is 7.25. The summed E-state index contributed by atoms with van der Waals surface area (Å²) in [6, 6.07) is 75.6. The summed E-state index contributed by atoms with van der Waals surface area (Å²) in [7, 11) is 0. The van der Waals surface area contributed by atoms with Crippen LogP contribution in [0.2, 0.25) is 0 Å². The monoisotopic (exact) mass is 821 g/mol. The van der Waals surface area contributed by atoms with Crippen LogP contribution in [0.25, 0.3) is 120 Å². The lowest BCUT2D eigenvalue weighted by atomic mass is 10.0. The number of fused-ring (bicyclic) bond motifs is 9. The van der Waals surface area contributed by atoms with E-state index in [1.165, 1.54) is 30.9 Å². The van der Waals surface area contributed by atoms with E-state index < -0.39 is 0 Å². The van der Waals surface area contributed by atoms with Crippen LogP contribution in [-0.4, -0.2) is 24.1 Å². The van der Waals surface area contributed by atoms with E-state index >= 15 is 0 Å². The van der Waals surface area contributed by atoms with Crippen molar-refractivity contribution in [3.05, 3.63) is 212 Å². The Morgan fingerprint density at radius 1 is 0.302 bits per heavy atom. The number of rotatable bonds is 6. The molecule has 13 aromatic rings. The summed E-state index contributed by atoms with van der Waals surface area (Å²) in [4.78, 5) is 16.1. The summed E-state index contributed by atoms with van der Waals surface area (Å²) in [6.07, 6.45) is 0. The average Bonchev–Trinajstić information content (AvgIpc) is 4.01. The van der Waals surface area contributed by atoms with E-state index in [9.17, 15) is 0 Å². The summed E-state index contributed by atoms with van der Waals surface area (Å²) in [5, 5.41) is 7.30. The summed E-state index contributed by atoms with van der Waals surface area (Å²) < 4.78 is 7.15. The molecular formula is C57H35N5S. The van der Waals surface area contributed by atoms with Crippen molar-refractivity contribution in [3.8, 4) is 56.7 Å². The second kappa shape index (κ2) is 14.2. The molecule has 0 atom stereocenters. The Morgan fingerprint density at radius 3 is 1.43 bits per heavy atom. The second-order valence-electron chi connectivity index (χ2n) is 16.0. The molecule has 0 aliphatic rings. The number of aromatic nitrogens is 5. The van der Waals surface area contributed by atoms with Crippen molar-refractivity contribution in [1.29, 1.82) is 0 Å². The van der Waals surface area contributed by atoms with E-state index in [-0.39, 0.29) is 0 Å². The molecule has 4 aromatic heterocycles. The highest BCUT2D eigenvalue weighted by atomic mass is 32.1. The van der Waals surface area contributed by atoms with Crippen LogP contribution in [0.3, 0.4) is 0 Å². The molecule has 0 aliphatic carbocycles. The normalized spacial score (nSPS) is 11.8. The molecule has 0 unspecified atom stereocenters. The van der Waals surface area contributed by atoms with Crippen molar-refractivity contribution in [3.63, 3.8) is 0 Å². The van der Waals surface area contributed by atoms with E-state index in [0.29, 0.717) is 17.6 Å². The predicted octanol–water partition coefficient (Wildman–Crippen LogP) is 15.1. The molecule has 13 rings (SSSR count). The zero-order chi connectivity index (χ0) is 41.4. The van der Waals surface area contributed by atoms with Crippen molar-refractivity contribution in [2.45, 2.75) is 0 Å². The van der Waals surface area contributed by atoms with E-state index in [2.05, 4.69) is 221 Å². The van der Waals surface area contributed by atoms with Crippen LogP contribution in [-0.2, 0) is 0 Å². The zero-order valence-corrected chi connectivity index (χ0v) is 34.7. The van der Waals surface area contributed by atoms with E-state index in [1.807, 2.05) is 11.3 Å². The maximum atomic E-state index is 5.39. The molecule has 0 radical (unpaired) electrons. The number of benzene rings is 9. The van der Waals surface area contributed by atoms with Crippen LogP contribution in [0.4, 0.5) is 0 Å². The van der Waals surface area contributed by atoms with Gasteiger partial charge in [-0.1, -0.05) is 164 Å². The lowest BCUT2D eigenvalue weighted by Crippen LogP contribution is -2.07. The van der Waals surface area contributed by atoms with Gasteiger partial charge in [0.15, 0.2) is 11.6 Å². The van der Waals surface area contributed by atoms with Gasteiger partial charge in [-0.15, -0.1) is 11.3 Å². The van der Waals surface area contributed by atoms with Crippen LogP contribution >= 0.6 is 11.3 Å². The summed E-state index contributed by atoms with van der Waals surface area (Å²) in [5.74, 6) is 1.76. The van der Waals surface area contributed by atoms with Gasteiger partial charge in [0.1, 0.15) is 0 Å². The number of hydrogen-bond acceptors (Lipinski definition) is 4. The van der Waals surface area contributed by atoms with Gasteiger partial charge in [0.2, 0.25) is 5.95 Å². The highest BCUT2D eigenvalue weighted by Crippen LogP contribution is 2.40. The molecule has 0 saturated carbocycles. The maximum Gasteiger partial charge on any atom is 0.238 e. The first-order chi connectivity index (χ1) is 31.2. The molecule has 6 heteroatoms. The molecule has 0 amide bonds. The molecule has 0 saturated heterocycles. The first kappa shape index (κ1) is 35.6. The molecule has 4 heterocycles. The van der Waals surface area contributed by atoms with Crippen molar-refractivity contribution < 1.29 is 0 Å². The summed E-state index contributed by atoms with van der Waals surface area (Å²) in [6.45, 7) is 0. The molecule has 0 fully saturated rings. The standard InChI is InChI=1S/C57H35N5S/c1-2-15-36(16-3-1)41-31-30-40(34-52(41)61-48-24-9-4-19-42(48)43-20-5-10-25-49(43)61)56-58-55(59-57(60-56)62-50-26-11-6-21-44(50)45-22-7-12-27-51(45)62)39-18-14-17-37(33-39)38-29-32-47-46-23-8-13-28-53(46)63-54(47)35-38/h1-35H. The quantitative estimate of drug-likeness (QED) is 0.168. The molecule has 0 spiro atoms. The average molecular weight is 822 g/mol. The smallest absolute Gasteiger partial charge is 0.238 e. The van der Waals surface area contributed by atoms with Crippen LogP contribution < -0.4 is 0 Å². The van der Waals surface area contributed by atoms with Gasteiger partial charge in [0.05, 0.1) is 27.8 Å². The maximum absolute atomic E-state index is 5.39. The molecule has 9 aromatic carbocycles. The SMILES string of the molecule is c1ccc(-c2ccc(-c3nc(-c4cccc(-c5ccc6c(c5)sc5ccccc56)c4)nc(-n4c5ccccc5c5ccccc54)n3)cc2-n2c3ccccc3c3ccccc32)cc1. The minimum atomic E-state index is 0.565. The van der Waals surface area contributed by atoms with Crippen LogP contribution in [0, 0.1) is 0 Å². The van der Waals surface area contributed by atoms with Gasteiger partial charge in [0.25, 0.3) is 0 Å². The summed E-state index contributed by atoms with van der Waals surface area (Å²) in [5.41, 5.74) is 11.7. The van der Waals surface area contributed by atoms with Gasteiger partial charge in [-0.2, -0.15) is 9.97 Å². The Bertz CT molecular complexity index is 3820. The number of hydrogen-bond donors (Lipinski definition) is 0. The van der Waals surface area contributed by atoms with Crippen molar-refractivity contribution in [2.75, 3.05) is 0 Å². The van der Waals surface area contributed by atoms with E-state index in [4.69, 9.17) is 15.0 Å². The lowest BCUT2D eigenvalue weighted by Gasteiger charge is -2.16. The molecule has 0 bridgehead atoms. The fraction of sp³-hybridized carbons (Fsp3) is 0. The topological polar surface area (TPSA) is 48.5 Å². The summed E-state index contributed by atoms with van der Waals surface area (Å²) >= 11 is 1.84.